The molecule has 1 aliphatic rings. The van der Waals surface area contributed by atoms with E-state index in [2.05, 4.69) is 5.32 Å². The van der Waals surface area contributed by atoms with Gasteiger partial charge in [-0.25, -0.2) is 4.68 Å². The number of anilines is 1. The third-order valence-electron chi connectivity index (χ3n) is 4.51. The smallest absolute Gasteiger partial charge is 0.127 e. The van der Waals surface area contributed by atoms with Gasteiger partial charge in [0.25, 0.3) is 0 Å². The number of ether oxygens (including phenoxy) is 1. The van der Waals surface area contributed by atoms with Crippen molar-refractivity contribution in [3.8, 4) is 22.8 Å². The second kappa shape index (κ2) is 6.99. The molecule has 0 radical (unpaired) electrons. The molecule has 1 aliphatic heterocycles. The molecule has 0 amide bonds. The van der Waals surface area contributed by atoms with Crippen molar-refractivity contribution in [3.63, 3.8) is 0 Å². The maximum Gasteiger partial charge on any atom is 0.127 e. The van der Waals surface area contributed by atoms with Crippen LogP contribution >= 0.6 is 0 Å². The van der Waals surface area contributed by atoms with E-state index < -0.39 is 0 Å². The standard InChI is InChI=1S/C20H22N4O/c21-20-13-19(23-24(20)16-5-4-12-22-14-16)15-8-10-18(11-9-15)25-17-6-2-1-3-7-17/h1-3,6-11,13,16,22H,4-5,12,14,21H2/t16-/m1/s1. The van der Waals surface area contributed by atoms with Gasteiger partial charge in [-0.05, 0) is 55.8 Å². The molecule has 1 atom stereocenters. The van der Waals surface area contributed by atoms with Crippen molar-refractivity contribution in [1.82, 2.24) is 15.1 Å². The van der Waals surface area contributed by atoms with Gasteiger partial charge in [-0.15, -0.1) is 0 Å². The van der Waals surface area contributed by atoms with Crippen LogP contribution < -0.4 is 15.8 Å². The molecule has 128 valence electrons. The van der Waals surface area contributed by atoms with Crippen LogP contribution in [0.1, 0.15) is 18.9 Å². The van der Waals surface area contributed by atoms with Crippen molar-refractivity contribution in [2.24, 2.45) is 0 Å². The first-order valence-electron chi connectivity index (χ1n) is 8.69. The van der Waals surface area contributed by atoms with Gasteiger partial charge in [-0.2, -0.15) is 5.10 Å². The Morgan fingerprint density at radius 3 is 2.52 bits per heavy atom. The highest BCUT2D eigenvalue weighted by atomic mass is 16.5. The number of piperidine rings is 1. The van der Waals surface area contributed by atoms with Crippen molar-refractivity contribution in [2.75, 3.05) is 18.8 Å². The number of nitrogens with one attached hydrogen (secondary N) is 1. The topological polar surface area (TPSA) is 65.1 Å². The Labute approximate surface area is 147 Å². The van der Waals surface area contributed by atoms with E-state index in [0.29, 0.717) is 11.9 Å². The van der Waals surface area contributed by atoms with Gasteiger partial charge in [0.05, 0.1) is 11.7 Å². The Hall–Kier alpha value is -2.79. The number of benzene rings is 2. The minimum atomic E-state index is 0.336. The SMILES string of the molecule is Nc1cc(-c2ccc(Oc3ccccc3)cc2)nn1[C@@H]1CCCNC1. The summed E-state index contributed by atoms with van der Waals surface area (Å²) in [6, 6.07) is 20.0. The molecule has 1 aromatic heterocycles. The predicted molar refractivity (Wildman–Crippen MR) is 99.7 cm³/mol. The molecule has 0 unspecified atom stereocenters. The van der Waals surface area contributed by atoms with Crippen LogP contribution in [0.3, 0.4) is 0 Å². The molecule has 0 spiro atoms. The zero-order valence-corrected chi connectivity index (χ0v) is 14.1. The summed E-state index contributed by atoms with van der Waals surface area (Å²) in [4.78, 5) is 0. The normalized spacial score (nSPS) is 17.4. The second-order valence-electron chi connectivity index (χ2n) is 6.34. The quantitative estimate of drug-likeness (QED) is 0.760. The Morgan fingerprint density at radius 1 is 1.04 bits per heavy atom. The van der Waals surface area contributed by atoms with E-state index >= 15 is 0 Å². The molecular weight excluding hydrogens is 312 g/mol. The molecular formula is C20H22N4O. The minimum absolute atomic E-state index is 0.336. The van der Waals surface area contributed by atoms with Crippen molar-refractivity contribution in [3.05, 3.63) is 60.7 Å². The predicted octanol–water partition coefficient (Wildman–Crippen LogP) is 3.85. The first kappa shape index (κ1) is 15.7. The molecule has 5 heteroatoms. The molecule has 3 N–H and O–H groups in total. The molecule has 4 rings (SSSR count). The van der Waals surface area contributed by atoms with Crippen LogP contribution in [0.4, 0.5) is 5.82 Å². The monoisotopic (exact) mass is 334 g/mol. The fourth-order valence-electron chi connectivity index (χ4n) is 3.20. The molecule has 5 nitrogen and oxygen atoms in total. The molecule has 25 heavy (non-hydrogen) atoms. The maximum absolute atomic E-state index is 6.19. The largest absolute Gasteiger partial charge is 0.457 e. The Bertz CT molecular complexity index is 821. The highest BCUT2D eigenvalue weighted by Crippen LogP contribution is 2.28. The minimum Gasteiger partial charge on any atom is -0.457 e. The third kappa shape index (κ3) is 3.51. The summed E-state index contributed by atoms with van der Waals surface area (Å²) in [7, 11) is 0. The number of aromatic nitrogens is 2. The number of nitrogen functional groups attached to an aromatic ring is 1. The summed E-state index contributed by atoms with van der Waals surface area (Å²) < 4.78 is 7.79. The van der Waals surface area contributed by atoms with Crippen molar-refractivity contribution in [1.29, 1.82) is 0 Å². The van der Waals surface area contributed by atoms with Crippen LogP contribution in [0.25, 0.3) is 11.3 Å². The number of hydrogen-bond acceptors (Lipinski definition) is 4. The van der Waals surface area contributed by atoms with E-state index in [1.807, 2.05) is 65.3 Å². The summed E-state index contributed by atoms with van der Waals surface area (Å²) in [6.07, 6.45) is 2.27. The summed E-state index contributed by atoms with van der Waals surface area (Å²) in [5, 5.41) is 8.14. The lowest BCUT2D eigenvalue weighted by molar-refractivity contribution is 0.351. The number of nitrogens with zero attached hydrogens (tertiary/aromatic N) is 2. The molecule has 0 aliphatic carbocycles. The number of rotatable bonds is 4. The van der Waals surface area contributed by atoms with Crippen LogP contribution in [0.2, 0.25) is 0 Å². The van der Waals surface area contributed by atoms with Crippen LogP contribution in [0.15, 0.2) is 60.7 Å². The fourth-order valence-corrected chi connectivity index (χ4v) is 3.20. The lowest BCUT2D eigenvalue weighted by Crippen LogP contribution is -2.32. The van der Waals surface area contributed by atoms with E-state index in [-0.39, 0.29) is 0 Å². The average Bonchev–Trinajstić information content (AvgIpc) is 3.06. The van der Waals surface area contributed by atoms with E-state index in [0.717, 1.165) is 48.7 Å². The highest BCUT2D eigenvalue weighted by Gasteiger charge is 2.19. The maximum atomic E-state index is 6.19. The molecule has 1 fully saturated rings. The molecule has 0 bridgehead atoms. The van der Waals surface area contributed by atoms with E-state index in [4.69, 9.17) is 15.6 Å². The van der Waals surface area contributed by atoms with Crippen molar-refractivity contribution in [2.45, 2.75) is 18.9 Å². The van der Waals surface area contributed by atoms with E-state index in [1.54, 1.807) is 0 Å². The van der Waals surface area contributed by atoms with Gasteiger partial charge in [0.15, 0.2) is 0 Å². The van der Waals surface area contributed by atoms with Crippen LogP contribution in [0.5, 0.6) is 11.5 Å². The molecule has 2 heterocycles. The Morgan fingerprint density at radius 2 is 1.80 bits per heavy atom. The van der Waals surface area contributed by atoms with E-state index in [9.17, 15) is 0 Å². The van der Waals surface area contributed by atoms with E-state index in [1.165, 1.54) is 0 Å². The third-order valence-corrected chi connectivity index (χ3v) is 4.51. The van der Waals surface area contributed by atoms with Crippen LogP contribution in [-0.2, 0) is 0 Å². The highest BCUT2D eigenvalue weighted by molar-refractivity contribution is 5.63. The van der Waals surface area contributed by atoms with Crippen molar-refractivity contribution >= 4 is 5.82 Å². The summed E-state index contributed by atoms with van der Waals surface area (Å²) >= 11 is 0. The number of hydrogen-bond donors (Lipinski definition) is 2. The molecule has 0 saturated carbocycles. The van der Waals surface area contributed by atoms with Crippen molar-refractivity contribution < 1.29 is 4.74 Å². The van der Waals surface area contributed by atoms with Crippen LogP contribution in [0, 0.1) is 0 Å². The van der Waals surface area contributed by atoms with Gasteiger partial charge in [0, 0.05) is 18.2 Å². The summed E-state index contributed by atoms with van der Waals surface area (Å²) in [5.74, 6) is 2.35. The number of para-hydroxylation sites is 1. The van der Waals surface area contributed by atoms with Gasteiger partial charge in [0.2, 0.25) is 0 Å². The van der Waals surface area contributed by atoms with Gasteiger partial charge < -0.3 is 15.8 Å². The van der Waals surface area contributed by atoms with Gasteiger partial charge in [0.1, 0.15) is 17.3 Å². The summed E-state index contributed by atoms with van der Waals surface area (Å²) in [6.45, 7) is 2.00. The zero-order chi connectivity index (χ0) is 17.1. The van der Waals surface area contributed by atoms with Crippen LogP contribution in [-0.4, -0.2) is 22.9 Å². The first-order chi connectivity index (χ1) is 12.3. The van der Waals surface area contributed by atoms with Gasteiger partial charge in [-0.3, -0.25) is 0 Å². The lowest BCUT2D eigenvalue weighted by atomic mass is 10.1. The van der Waals surface area contributed by atoms with Gasteiger partial charge in [-0.1, -0.05) is 18.2 Å². The Kier molecular flexibility index (Phi) is 4.39. The first-order valence-corrected chi connectivity index (χ1v) is 8.69. The molecule has 1 saturated heterocycles. The molecule has 3 aromatic rings. The van der Waals surface area contributed by atoms with Gasteiger partial charge >= 0.3 is 0 Å². The average molecular weight is 334 g/mol. The Balaban J connectivity index is 1.52. The lowest BCUT2D eigenvalue weighted by Gasteiger charge is -2.23. The summed E-state index contributed by atoms with van der Waals surface area (Å²) in [5.41, 5.74) is 8.12. The zero-order valence-electron chi connectivity index (χ0n) is 14.1. The molecule has 2 aromatic carbocycles. The number of nitrogens with two attached hydrogens (primary N) is 1. The second-order valence-corrected chi connectivity index (χ2v) is 6.34. The fraction of sp³-hybridized carbons (Fsp3) is 0.250.